The first kappa shape index (κ1) is 13.7. The van der Waals surface area contributed by atoms with Gasteiger partial charge < -0.3 is 10.3 Å². The third kappa shape index (κ3) is 2.50. The average Bonchev–Trinajstić information content (AvgIpc) is 2.55. The third-order valence-corrected chi connectivity index (χ3v) is 3.58. The number of rotatable bonds is 3. The number of hydrogen-bond acceptors (Lipinski definition) is 3. The van der Waals surface area contributed by atoms with Crippen molar-refractivity contribution < 1.29 is 0 Å². The van der Waals surface area contributed by atoms with Crippen LogP contribution in [0.1, 0.15) is 33.3 Å². The van der Waals surface area contributed by atoms with E-state index in [9.17, 15) is 0 Å². The lowest BCUT2D eigenvalue weighted by molar-refractivity contribution is 0.622. The van der Waals surface area contributed by atoms with Gasteiger partial charge in [0.25, 0.3) is 0 Å². The number of hydrogen-bond donors (Lipinski definition) is 1. The van der Waals surface area contributed by atoms with Crippen LogP contribution in [0.2, 0.25) is 0 Å². The number of nitrogens with one attached hydrogen (secondary N) is 1. The van der Waals surface area contributed by atoms with E-state index in [0.717, 1.165) is 0 Å². The minimum atomic E-state index is 0.0230. The molecule has 3 heteroatoms. The second-order valence-electron chi connectivity index (χ2n) is 5.82. The summed E-state index contributed by atoms with van der Waals surface area (Å²) < 4.78 is 0. The molecule has 3 nitrogen and oxygen atoms in total. The van der Waals surface area contributed by atoms with Gasteiger partial charge in [-0.25, -0.2) is 0 Å². The topological polar surface area (TPSA) is 27.6 Å². The minimum Gasteiger partial charge on any atom is -0.347 e. The zero-order valence-electron chi connectivity index (χ0n) is 12.4. The van der Waals surface area contributed by atoms with Gasteiger partial charge in [-0.1, -0.05) is 32.0 Å². The molecule has 0 aromatic heterocycles. The lowest BCUT2D eigenvalue weighted by Gasteiger charge is -2.23. The quantitative estimate of drug-likeness (QED) is 0.664. The minimum absolute atomic E-state index is 0.0230. The lowest BCUT2D eigenvalue weighted by atomic mass is 9.84. The second kappa shape index (κ2) is 5.08. The van der Waals surface area contributed by atoms with E-state index in [1.807, 2.05) is 6.21 Å². The van der Waals surface area contributed by atoms with E-state index in [0.29, 0.717) is 6.04 Å². The Labute approximate surface area is 116 Å². The summed E-state index contributed by atoms with van der Waals surface area (Å²) in [6.45, 7) is 8.66. The van der Waals surface area contributed by atoms with Gasteiger partial charge in [-0.2, -0.15) is 5.10 Å². The molecule has 102 valence electrons. The molecule has 1 heterocycles. The van der Waals surface area contributed by atoms with Crippen LogP contribution >= 0.6 is 0 Å². The summed E-state index contributed by atoms with van der Waals surface area (Å²) in [6, 6.07) is 8.92. The largest absolute Gasteiger partial charge is 0.347 e. The van der Waals surface area contributed by atoms with E-state index in [1.165, 1.54) is 16.9 Å². The number of anilines is 1. The van der Waals surface area contributed by atoms with Crippen molar-refractivity contribution in [2.45, 2.75) is 39.2 Å². The standard InChI is InChI=1S/C16H23N3/c1-12(2)18-17-11-10-15-16(3,4)13-8-6-7-9-14(13)19(15)5/h6-12,18H,1-5H3. The molecule has 0 unspecified atom stereocenters. The summed E-state index contributed by atoms with van der Waals surface area (Å²) in [4.78, 5) is 2.25. The molecule has 19 heavy (non-hydrogen) atoms. The zero-order valence-corrected chi connectivity index (χ0v) is 12.4. The summed E-state index contributed by atoms with van der Waals surface area (Å²) in [6.07, 6.45) is 3.94. The summed E-state index contributed by atoms with van der Waals surface area (Å²) in [5.74, 6) is 0. The van der Waals surface area contributed by atoms with Gasteiger partial charge in [-0.15, -0.1) is 0 Å². The summed E-state index contributed by atoms with van der Waals surface area (Å²) in [7, 11) is 2.11. The third-order valence-electron chi connectivity index (χ3n) is 3.58. The van der Waals surface area contributed by atoms with Crippen LogP contribution in [0.4, 0.5) is 5.69 Å². The van der Waals surface area contributed by atoms with Gasteiger partial charge in [-0.3, -0.25) is 0 Å². The van der Waals surface area contributed by atoms with Crippen LogP contribution < -0.4 is 10.3 Å². The Morgan fingerprint density at radius 1 is 1.26 bits per heavy atom. The number of nitrogens with zero attached hydrogens (tertiary/aromatic N) is 2. The molecule has 0 fully saturated rings. The van der Waals surface area contributed by atoms with Crippen LogP contribution in [-0.2, 0) is 5.41 Å². The molecule has 1 aromatic rings. The summed E-state index contributed by atoms with van der Waals surface area (Å²) in [5, 5.41) is 4.22. The first-order valence-corrected chi connectivity index (χ1v) is 6.77. The van der Waals surface area contributed by atoms with Crippen LogP contribution in [0.15, 0.2) is 41.1 Å². The highest BCUT2D eigenvalue weighted by molar-refractivity contribution is 5.79. The van der Waals surface area contributed by atoms with E-state index < -0.39 is 0 Å². The molecule has 0 saturated heterocycles. The molecule has 0 saturated carbocycles. The highest BCUT2D eigenvalue weighted by atomic mass is 15.3. The fourth-order valence-corrected chi connectivity index (χ4v) is 2.60. The van der Waals surface area contributed by atoms with Gasteiger partial charge in [0.05, 0.1) is 0 Å². The van der Waals surface area contributed by atoms with Gasteiger partial charge in [0.15, 0.2) is 0 Å². The van der Waals surface area contributed by atoms with Gasteiger partial charge in [0.1, 0.15) is 0 Å². The maximum atomic E-state index is 4.22. The fraction of sp³-hybridized carbons (Fsp3) is 0.438. The second-order valence-corrected chi connectivity index (χ2v) is 5.82. The Balaban J connectivity index is 2.29. The number of fused-ring (bicyclic) bond motifs is 1. The number of likely N-dealkylation sites (N-methyl/N-ethyl adjacent to an activating group) is 1. The first-order valence-electron chi connectivity index (χ1n) is 6.77. The Kier molecular flexibility index (Phi) is 3.65. The van der Waals surface area contributed by atoms with Crippen molar-refractivity contribution in [2.75, 3.05) is 11.9 Å². The molecular formula is C16H23N3. The number of hydrazone groups is 1. The average molecular weight is 257 g/mol. The fourth-order valence-electron chi connectivity index (χ4n) is 2.60. The monoisotopic (exact) mass is 257 g/mol. The van der Waals surface area contributed by atoms with E-state index in [4.69, 9.17) is 0 Å². The number of allylic oxidation sites excluding steroid dienone is 2. The SMILES string of the molecule is CC(C)NN=CC=C1N(C)c2ccccc2C1(C)C. The van der Waals surface area contributed by atoms with Gasteiger partial charge in [0.2, 0.25) is 0 Å². The molecule has 1 aliphatic heterocycles. The molecular weight excluding hydrogens is 234 g/mol. The van der Waals surface area contributed by atoms with Crippen molar-refractivity contribution in [3.63, 3.8) is 0 Å². The predicted molar refractivity (Wildman–Crippen MR) is 82.7 cm³/mol. The van der Waals surface area contributed by atoms with Crippen molar-refractivity contribution in [3.8, 4) is 0 Å². The highest BCUT2D eigenvalue weighted by Crippen LogP contribution is 2.46. The number of benzene rings is 1. The number of para-hydroxylation sites is 1. The van der Waals surface area contributed by atoms with Crippen LogP contribution in [0, 0.1) is 0 Å². The van der Waals surface area contributed by atoms with E-state index in [1.54, 1.807) is 0 Å². The van der Waals surface area contributed by atoms with Crippen molar-refractivity contribution in [2.24, 2.45) is 5.10 Å². The highest BCUT2D eigenvalue weighted by Gasteiger charge is 2.37. The maximum Gasteiger partial charge on any atom is 0.0485 e. The Morgan fingerprint density at radius 3 is 2.58 bits per heavy atom. The van der Waals surface area contributed by atoms with Crippen LogP contribution in [0.3, 0.4) is 0 Å². The van der Waals surface area contributed by atoms with Gasteiger partial charge >= 0.3 is 0 Å². The van der Waals surface area contributed by atoms with Crippen LogP contribution in [0.25, 0.3) is 0 Å². The van der Waals surface area contributed by atoms with E-state index in [2.05, 4.69) is 80.5 Å². The summed E-state index contributed by atoms with van der Waals surface area (Å²) in [5.41, 5.74) is 6.98. The Hall–Kier alpha value is -1.77. The summed E-state index contributed by atoms with van der Waals surface area (Å²) >= 11 is 0. The smallest absolute Gasteiger partial charge is 0.0485 e. The molecule has 1 N–H and O–H groups in total. The Morgan fingerprint density at radius 2 is 1.95 bits per heavy atom. The van der Waals surface area contributed by atoms with Gasteiger partial charge in [0, 0.05) is 36.1 Å². The van der Waals surface area contributed by atoms with Crippen molar-refractivity contribution in [3.05, 3.63) is 41.6 Å². The normalized spacial score (nSPS) is 19.5. The molecule has 0 radical (unpaired) electrons. The van der Waals surface area contributed by atoms with Crippen molar-refractivity contribution >= 4 is 11.9 Å². The van der Waals surface area contributed by atoms with E-state index >= 15 is 0 Å². The first-order chi connectivity index (χ1) is 8.94. The molecule has 0 spiro atoms. The van der Waals surface area contributed by atoms with Crippen LogP contribution in [-0.4, -0.2) is 19.3 Å². The molecule has 1 aliphatic rings. The van der Waals surface area contributed by atoms with Crippen molar-refractivity contribution in [1.29, 1.82) is 0 Å². The predicted octanol–water partition coefficient (Wildman–Crippen LogP) is 3.28. The maximum absolute atomic E-state index is 4.22. The zero-order chi connectivity index (χ0) is 14.0. The molecule has 0 atom stereocenters. The van der Waals surface area contributed by atoms with Crippen LogP contribution in [0.5, 0.6) is 0 Å². The van der Waals surface area contributed by atoms with E-state index in [-0.39, 0.29) is 5.41 Å². The van der Waals surface area contributed by atoms with Gasteiger partial charge in [-0.05, 0) is 31.6 Å². The molecule has 1 aromatic carbocycles. The van der Waals surface area contributed by atoms with Crippen molar-refractivity contribution in [1.82, 2.24) is 5.43 Å². The molecule has 0 aliphatic carbocycles. The Bertz CT molecular complexity index is 512. The molecule has 0 amide bonds. The lowest BCUT2D eigenvalue weighted by Crippen LogP contribution is -2.23. The molecule has 2 rings (SSSR count). The molecule has 0 bridgehead atoms.